The summed E-state index contributed by atoms with van der Waals surface area (Å²) >= 11 is 0. The highest BCUT2D eigenvalue weighted by molar-refractivity contribution is 6.00. The van der Waals surface area contributed by atoms with Gasteiger partial charge in [-0.2, -0.15) is 0 Å². The largest absolute Gasteiger partial charge is 0.293 e. The molecule has 0 saturated carbocycles. The van der Waals surface area contributed by atoms with Crippen molar-refractivity contribution in [1.29, 1.82) is 0 Å². The van der Waals surface area contributed by atoms with E-state index in [2.05, 4.69) is 19.1 Å². The number of Topliss-reactive ketones (excluding diaryl/α,β-unsaturated/α-hetero) is 1. The molecule has 0 bridgehead atoms. The van der Waals surface area contributed by atoms with Crippen LogP contribution in [0.5, 0.6) is 0 Å². The molecule has 1 heteroatoms. The Balaban J connectivity index is 1.93. The molecule has 0 radical (unpaired) electrons. The zero-order valence-electron chi connectivity index (χ0n) is 14.9. The molecule has 128 valence electrons. The van der Waals surface area contributed by atoms with Crippen LogP contribution in [0.15, 0.2) is 60.7 Å². The Labute approximate surface area is 147 Å². The van der Waals surface area contributed by atoms with E-state index < -0.39 is 0 Å². The maximum Gasteiger partial charge on any atom is 0.170 e. The van der Waals surface area contributed by atoms with Crippen LogP contribution in [0, 0.1) is 0 Å². The first-order chi connectivity index (χ1) is 11.8. The Bertz CT molecular complexity index is 573. The van der Waals surface area contributed by atoms with Crippen LogP contribution in [-0.2, 0) is 0 Å². The van der Waals surface area contributed by atoms with Gasteiger partial charge < -0.3 is 0 Å². The molecule has 0 aromatic heterocycles. The van der Waals surface area contributed by atoms with Crippen molar-refractivity contribution in [2.75, 3.05) is 0 Å². The number of hydrogen-bond donors (Lipinski definition) is 0. The lowest BCUT2D eigenvalue weighted by molar-refractivity contribution is 0.0953. The quantitative estimate of drug-likeness (QED) is 0.328. The summed E-state index contributed by atoms with van der Waals surface area (Å²) in [6, 6.07) is 20.0. The van der Waals surface area contributed by atoms with Crippen LogP contribution in [0.4, 0.5) is 0 Å². The molecule has 0 amide bonds. The normalized spacial score (nSPS) is 12.0. The fourth-order valence-corrected chi connectivity index (χ4v) is 3.24. The Kier molecular flexibility index (Phi) is 8.31. The monoisotopic (exact) mass is 322 g/mol. The molecule has 1 nitrogen and oxygen atoms in total. The van der Waals surface area contributed by atoms with Crippen LogP contribution in [0.2, 0.25) is 0 Å². The van der Waals surface area contributed by atoms with Gasteiger partial charge in [-0.1, -0.05) is 113 Å². The van der Waals surface area contributed by atoms with Crippen molar-refractivity contribution < 1.29 is 4.79 Å². The van der Waals surface area contributed by atoms with E-state index in [9.17, 15) is 4.79 Å². The van der Waals surface area contributed by atoms with Crippen molar-refractivity contribution in [2.45, 2.75) is 64.2 Å². The molecule has 0 heterocycles. The highest BCUT2D eigenvalue weighted by atomic mass is 16.1. The van der Waals surface area contributed by atoms with Gasteiger partial charge in [0.1, 0.15) is 0 Å². The van der Waals surface area contributed by atoms with Gasteiger partial charge in [0.2, 0.25) is 0 Å². The summed E-state index contributed by atoms with van der Waals surface area (Å²) in [6.07, 6.45) is 9.92. The molecule has 24 heavy (non-hydrogen) atoms. The standard InChI is InChI=1S/C23H30O/c1-2-3-4-5-6-7-14-19-22(20-15-10-8-11-16-20)23(24)21-17-12-9-13-18-21/h8-13,15-18,22H,2-7,14,19H2,1H3. The lowest BCUT2D eigenvalue weighted by Crippen LogP contribution is -2.13. The highest BCUT2D eigenvalue weighted by Gasteiger charge is 2.21. The molecule has 0 aliphatic heterocycles. The molecule has 1 unspecified atom stereocenters. The van der Waals surface area contributed by atoms with Crippen LogP contribution in [0.3, 0.4) is 0 Å². The maximum atomic E-state index is 13.0. The molecule has 0 aliphatic rings. The number of carbonyl (C=O) groups is 1. The minimum atomic E-state index is -0.00996. The zero-order valence-corrected chi connectivity index (χ0v) is 14.9. The van der Waals surface area contributed by atoms with Crippen molar-refractivity contribution in [1.82, 2.24) is 0 Å². The van der Waals surface area contributed by atoms with Gasteiger partial charge in [-0.05, 0) is 12.0 Å². The predicted octanol–water partition coefficient (Wildman–Crippen LogP) is 6.79. The van der Waals surface area contributed by atoms with Crippen LogP contribution in [0.25, 0.3) is 0 Å². The maximum absolute atomic E-state index is 13.0. The first-order valence-electron chi connectivity index (χ1n) is 9.47. The molecule has 0 aliphatic carbocycles. The first kappa shape index (κ1) is 18.4. The number of ketones is 1. The average molecular weight is 322 g/mol. The molecular weight excluding hydrogens is 292 g/mol. The van der Waals surface area contributed by atoms with Crippen molar-refractivity contribution in [3.8, 4) is 0 Å². The topological polar surface area (TPSA) is 17.1 Å². The predicted molar refractivity (Wildman–Crippen MR) is 103 cm³/mol. The molecule has 2 aromatic carbocycles. The molecule has 0 saturated heterocycles. The van der Waals surface area contributed by atoms with Gasteiger partial charge in [0.05, 0.1) is 0 Å². The van der Waals surface area contributed by atoms with E-state index in [1.807, 2.05) is 48.5 Å². The third-order valence-electron chi connectivity index (χ3n) is 4.67. The fourth-order valence-electron chi connectivity index (χ4n) is 3.24. The van der Waals surface area contributed by atoms with Gasteiger partial charge in [-0.15, -0.1) is 0 Å². The average Bonchev–Trinajstić information content (AvgIpc) is 2.65. The van der Waals surface area contributed by atoms with Crippen LogP contribution in [0.1, 0.15) is 80.1 Å². The number of carbonyl (C=O) groups excluding carboxylic acids is 1. The second-order valence-corrected chi connectivity index (χ2v) is 6.60. The van der Waals surface area contributed by atoms with Gasteiger partial charge in [0, 0.05) is 11.5 Å². The van der Waals surface area contributed by atoms with E-state index in [0.29, 0.717) is 0 Å². The van der Waals surface area contributed by atoms with Gasteiger partial charge in [0.25, 0.3) is 0 Å². The molecule has 0 N–H and O–H groups in total. The summed E-state index contributed by atoms with van der Waals surface area (Å²) in [5.41, 5.74) is 1.98. The second kappa shape index (κ2) is 10.8. The molecule has 0 fully saturated rings. The lowest BCUT2D eigenvalue weighted by atomic mass is 9.86. The summed E-state index contributed by atoms with van der Waals surface area (Å²) in [4.78, 5) is 13.0. The third-order valence-corrected chi connectivity index (χ3v) is 4.67. The Morgan fingerprint density at radius 2 is 1.29 bits per heavy atom. The van der Waals surface area contributed by atoms with E-state index in [0.717, 1.165) is 24.0 Å². The first-order valence-corrected chi connectivity index (χ1v) is 9.47. The van der Waals surface area contributed by atoms with Crippen LogP contribution in [-0.4, -0.2) is 5.78 Å². The van der Waals surface area contributed by atoms with E-state index in [1.54, 1.807) is 0 Å². The van der Waals surface area contributed by atoms with E-state index in [4.69, 9.17) is 0 Å². The fraction of sp³-hybridized carbons (Fsp3) is 0.435. The minimum absolute atomic E-state index is 0.00996. The van der Waals surface area contributed by atoms with E-state index >= 15 is 0 Å². The summed E-state index contributed by atoms with van der Waals surface area (Å²) in [5, 5.41) is 0. The van der Waals surface area contributed by atoms with E-state index in [-0.39, 0.29) is 11.7 Å². The number of hydrogen-bond acceptors (Lipinski definition) is 1. The minimum Gasteiger partial charge on any atom is -0.293 e. The zero-order chi connectivity index (χ0) is 17.0. The van der Waals surface area contributed by atoms with Gasteiger partial charge >= 0.3 is 0 Å². The summed E-state index contributed by atoms with van der Waals surface area (Å²) < 4.78 is 0. The molecule has 1 atom stereocenters. The molecular formula is C23H30O. The van der Waals surface area contributed by atoms with Crippen molar-refractivity contribution in [3.63, 3.8) is 0 Å². The SMILES string of the molecule is CCCCCCCCCC(C(=O)c1ccccc1)c1ccccc1. The lowest BCUT2D eigenvalue weighted by Gasteiger charge is -2.16. The second-order valence-electron chi connectivity index (χ2n) is 6.60. The van der Waals surface area contributed by atoms with Gasteiger partial charge in [-0.25, -0.2) is 0 Å². The summed E-state index contributed by atoms with van der Waals surface area (Å²) in [7, 11) is 0. The van der Waals surface area contributed by atoms with Crippen molar-refractivity contribution >= 4 is 5.78 Å². The van der Waals surface area contributed by atoms with Crippen molar-refractivity contribution in [3.05, 3.63) is 71.8 Å². The summed E-state index contributed by atoms with van der Waals surface area (Å²) in [6.45, 7) is 2.25. The van der Waals surface area contributed by atoms with Gasteiger partial charge in [-0.3, -0.25) is 4.79 Å². The highest BCUT2D eigenvalue weighted by Crippen LogP contribution is 2.27. The molecule has 2 rings (SSSR count). The molecule has 2 aromatic rings. The van der Waals surface area contributed by atoms with Crippen molar-refractivity contribution in [2.24, 2.45) is 0 Å². The Morgan fingerprint density at radius 3 is 1.92 bits per heavy atom. The Hall–Kier alpha value is -1.89. The molecule has 0 spiro atoms. The summed E-state index contributed by atoms with van der Waals surface area (Å²) in [5.74, 6) is 0.247. The van der Waals surface area contributed by atoms with Crippen LogP contribution >= 0.6 is 0 Å². The van der Waals surface area contributed by atoms with Gasteiger partial charge in [0.15, 0.2) is 5.78 Å². The smallest absolute Gasteiger partial charge is 0.170 e. The number of rotatable bonds is 11. The van der Waals surface area contributed by atoms with Crippen LogP contribution < -0.4 is 0 Å². The number of benzene rings is 2. The van der Waals surface area contributed by atoms with E-state index in [1.165, 1.54) is 38.5 Å². The Morgan fingerprint density at radius 1 is 0.750 bits per heavy atom. The third kappa shape index (κ3) is 5.96. The number of unbranched alkanes of at least 4 members (excludes halogenated alkanes) is 6.